The number of anilines is 1. The van der Waals surface area contributed by atoms with E-state index in [1.165, 1.54) is 11.8 Å². The molecule has 0 spiro atoms. The van der Waals surface area contributed by atoms with E-state index in [-0.39, 0.29) is 11.9 Å². The molecule has 1 rings (SSSR count). The van der Waals surface area contributed by atoms with Crippen molar-refractivity contribution in [3.63, 3.8) is 0 Å². The molecule has 1 atom stereocenters. The highest BCUT2D eigenvalue weighted by molar-refractivity contribution is 9.10. The van der Waals surface area contributed by atoms with Gasteiger partial charge in [-0.25, -0.2) is 0 Å². The number of benzene rings is 1. The zero-order chi connectivity index (χ0) is 13.5. The van der Waals surface area contributed by atoms with Gasteiger partial charge in [-0.1, -0.05) is 15.9 Å². The molecule has 0 aliphatic heterocycles. The van der Waals surface area contributed by atoms with Crippen LogP contribution in [0.5, 0.6) is 0 Å². The lowest BCUT2D eigenvalue weighted by atomic mass is 10.3. The Kier molecular flexibility index (Phi) is 6.52. The maximum absolute atomic E-state index is 11.7. The summed E-state index contributed by atoms with van der Waals surface area (Å²) in [6, 6.07) is 5.62. The van der Waals surface area contributed by atoms with E-state index in [0.717, 1.165) is 9.37 Å². The minimum Gasteiger partial charge on any atom is -0.398 e. The Labute approximate surface area is 120 Å². The number of thioether (sulfide) groups is 1. The van der Waals surface area contributed by atoms with Gasteiger partial charge in [-0.3, -0.25) is 4.79 Å². The summed E-state index contributed by atoms with van der Waals surface area (Å²) in [5.74, 6) is 0.318. The number of amides is 1. The highest BCUT2D eigenvalue weighted by Crippen LogP contribution is 2.27. The molecular formula is C12H17BrN2O2S. The second kappa shape index (κ2) is 7.66. The third-order valence-electron chi connectivity index (χ3n) is 2.16. The first-order valence-corrected chi connectivity index (χ1v) is 7.27. The molecule has 0 radical (unpaired) electrons. The fraction of sp³-hybridized carbons (Fsp3) is 0.417. The van der Waals surface area contributed by atoms with Crippen LogP contribution in [-0.4, -0.2) is 31.4 Å². The van der Waals surface area contributed by atoms with Crippen LogP contribution in [-0.2, 0) is 9.53 Å². The van der Waals surface area contributed by atoms with Crippen molar-refractivity contribution >= 4 is 39.3 Å². The average Bonchev–Trinajstić information content (AvgIpc) is 2.30. The van der Waals surface area contributed by atoms with Gasteiger partial charge in [0.05, 0.1) is 12.4 Å². The van der Waals surface area contributed by atoms with Crippen molar-refractivity contribution in [2.75, 3.05) is 25.2 Å². The number of hydrogen-bond donors (Lipinski definition) is 2. The molecule has 0 saturated heterocycles. The van der Waals surface area contributed by atoms with Gasteiger partial charge in [0.15, 0.2) is 0 Å². The van der Waals surface area contributed by atoms with Crippen molar-refractivity contribution in [3.05, 3.63) is 22.7 Å². The predicted molar refractivity (Wildman–Crippen MR) is 78.8 cm³/mol. The average molecular weight is 333 g/mol. The van der Waals surface area contributed by atoms with Crippen LogP contribution < -0.4 is 11.1 Å². The predicted octanol–water partition coefficient (Wildman–Crippen LogP) is 2.27. The summed E-state index contributed by atoms with van der Waals surface area (Å²) in [4.78, 5) is 12.6. The maximum atomic E-state index is 11.7. The van der Waals surface area contributed by atoms with Gasteiger partial charge in [-0.05, 0) is 25.1 Å². The van der Waals surface area contributed by atoms with Gasteiger partial charge in [-0.2, -0.15) is 0 Å². The molecule has 0 heterocycles. The largest absolute Gasteiger partial charge is 0.398 e. The molecule has 1 aromatic rings. The second-order valence-corrected chi connectivity index (χ2v) is 5.83. The SMILES string of the molecule is COCC(C)NC(=O)CSc1cc(Br)ccc1N. The Balaban J connectivity index is 2.45. The summed E-state index contributed by atoms with van der Waals surface area (Å²) >= 11 is 4.80. The van der Waals surface area contributed by atoms with Crippen molar-refractivity contribution in [3.8, 4) is 0 Å². The molecule has 3 N–H and O–H groups in total. The minimum absolute atomic E-state index is 0.0166. The van der Waals surface area contributed by atoms with Crippen LogP contribution in [0.15, 0.2) is 27.6 Å². The smallest absolute Gasteiger partial charge is 0.230 e. The highest BCUT2D eigenvalue weighted by Gasteiger charge is 2.09. The highest BCUT2D eigenvalue weighted by atomic mass is 79.9. The first kappa shape index (κ1) is 15.3. The Morgan fingerprint density at radius 1 is 1.61 bits per heavy atom. The monoisotopic (exact) mass is 332 g/mol. The molecule has 1 aromatic carbocycles. The van der Waals surface area contributed by atoms with Gasteiger partial charge in [-0.15, -0.1) is 11.8 Å². The Hall–Kier alpha value is -0.720. The Morgan fingerprint density at radius 3 is 3.00 bits per heavy atom. The zero-order valence-corrected chi connectivity index (χ0v) is 12.8. The summed E-state index contributed by atoms with van der Waals surface area (Å²) < 4.78 is 5.91. The number of carbonyl (C=O) groups excluding carboxylic acids is 1. The van der Waals surface area contributed by atoms with Gasteiger partial charge >= 0.3 is 0 Å². The molecule has 0 bridgehead atoms. The maximum Gasteiger partial charge on any atom is 0.230 e. The lowest BCUT2D eigenvalue weighted by Crippen LogP contribution is -2.36. The number of nitrogen functional groups attached to an aromatic ring is 1. The van der Waals surface area contributed by atoms with Crippen LogP contribution in [0.3, 0.4) is 0 Å². The first-order valence-electron chi connectivity index (χ1n) is 5.49. The van der Waals surface area contributed by atoms with Crippen LogP contribution >= 0.6 is 27.7 Å². The molecule has 100 valence electrons. The molecular weight excluding hydrogens is 316 g/mol. The Bertz CT molecular complexity index is 415. The van der Waals surface area contributed by atoms with Crippen molar-refractivity contribution in [1.29, 1.82) is 0 Å². The first-order chi connectivity index (χ1) is 8.52. The summed E-state index contributed by atoms with van der Waals surface area (Å²) in [6.45, 7) is 2.41. The fourth-order valence-electron chi connectivity index (χ4n) is 1.38. The fourth-order valence-corrected chi connectivity index (χ4v) is 2.71. The van der Waals surface area contributed by atoms with Crippen molar-refractivity contribution in [2.45, 2.75) is 17.9 Å². The molecule has 0 fully saturated rings. The van der Waals surface area contributed by atoms with E-state index in [0.29, 0.717) is 18.0 Å². The molecule has 4 nitrogen and oxygen atoms in total. The van der Waals surface area contributed by atoms with Crippen LogP contribution in [0.4, 0.5) is 5.69 Å². The number of halogens is 1. The summed E-state index contributed by atoms with van der Waals surface area (Å²) in [6.07, 6.45) is 0. The number of nitrogens with two attached hydrogens (primary N) is 1. The van der Waals surface area contributed by atoms with Gasteiger partial charge < -0.3 is 15.8 Å². The molecule has 18 heavy (non-hydrogen) atoms. The van der Waals surface area contributed by atoms with E-state index in [1.807, 2.05) is 25.1 Å². The molecule has 0 aromatic heterocycles. The van der Waals surface area contributed by atoms with E-state index in [9.17, 15) is 4.79 Å². The number of ether oxygens (including phenoxy) is 1. The van der Waals surface area contributed by atoms with Crippen LogP contribution in [0.25, 0.3) is 0 Å². The lowest BCUT2D eigenvalue weighted by molar-refractivity contribution is -0.119. The molecule has 0 aliphatic rings. The van der Waals surface area contributed by atoms with Gasteiger partial charge in [0.2, 0.25) is 5.91 Å². The molecule has 1 amide bonds. The number of methoxy groups -OCH3 is 1. The van der Waals surface area contributed by atoms with Crippen LogP contribution in [0.1, 0.15) is 6.92 Å². The van der Waals surface area contributed by atoms with Gasteiger partial charge in [0.25, 0.3) is 0 Å². The van der Waals surface area contributed by atoms with E-state index in [4.69, 9.17) is 10.5 Å². The van der Waals surface area contributed by atoms with E-state index >= 15 is 0 Å². The summed E-state index contributed by atoms with van der Waals surface area (Å²) in [5.41, 5.74) is 6.51. The Morgan fingerprint density at radius 2 is 2.33 bits per heavy atom. The van der Waals surface area contributed by atoms with Gasteiger partial charge in [0.1, 0.15) is 0 Å². The van der Waals surface area contributed by atoms with E-state index in [1.54, 1.807) is 7.11 Å². The van der Waals surface area contributed by atoms with Crippen LogP contribution in [0, 0.1) is 0 Å². The number of hydrogen-bond acceptors (Lipinski definition) is 4. The van der Waals surface area contributed by atoms with Crippen molar-refractivity contribution in [2.24, 2.45) is 0 Å². The third-order valence-corrected chi connectivity index (χ3v) is 3.72. The molecule has 0 aliphatic carbocycles. The topological polar surface area (TPSA) is 64.3 Å². The summed E-state index contributed by atoms with van der Waals surface area (Å²) in [5, 5.41) is 2.85. The number of carbonyl (C=O) groups is 1. The van der Waals surface area contributed by atoms with E-state index < -0.39 is 0 Å². The standard InChI is InChI=1S/C12H17BrN2O2S/c1-8(6-17-2)15-12(16)7-18-11-5-9(13)3-4-10(11)14/h3-5,8H,6-7,14H2,1-2H3,(H,15,16). The molecule has 6 heteroatoms. The van der Waals surface area contributed by atoms with Crippen LogP contribution in [0.2, 0.25) is 0 Å². The lowest BCUT2D eigenvalue weighted by Gasteiger charge is -2.12. The third kappa shape index (κ3) is 5.29. The number of nitrogens with one attached hydrogen (secondary N) is 1. The van der Waals surface area contributed by atoms with E-state index in [2.05, 4.69) is 21.2 Å². The second-order valence-electron chi connectivity index (χ2n) is 3.89. The summed E-state index contributed by atoms with van der Waals surface area (Å²) in [7, 11) is 1.61. The molecule has 0 saturated carbocycles. The molecule has 1 unspecified atom stereocenters. The minimum atomic E-state index is -0.0241. The quantitative estimate of drug-likeness (QED) is 0.619. The van der Waals surface area contributed by atoms with Crippen molar-refractivity contribution in [1.82, 2.24) is 5.32 Å². The van der Waals surface area contributed by atoms with Gasteiger partial charge in [0, 0.05) is 28.2 Å². The zero-order valence-electron chi connectivity index (χ0n) is 10.4. The number of rotatable bonds is 6. The van der Waals surface area contributed by atoms with Crippen molar-refractivity contribution < 1.29 is 9.53 Å². The normalized spacial score (nSPS) is 12.2.